The minimum atomic E-state index is -3.94. The average Bonchev–Trinajstić information content (AvgIpc) is 3.30. The van der Waals surface area contributed by atoms with Gasteiger partial charge in [0.05, 0.1) is 30.6 Å². The number of likely N-dealkylation sites (tertiary alicyclic amines) is 1. The second-order valence-corrected chi connectivity index (χ2v) is 14.0. The van der Waals surface area contributed by atoms with E-state index in [-0.39, 0.29) is 38.3 Å². The van der Waals surface area contributed by atoms with Crippen LogP contribution in [0.5, 0.6) is 0 Å². The summed E-state index contributed by atoms with van der Waals surface area (Å²) in [6.45, 7) is 0.565. The van der Waals surface area contributed by atoms with E-state index < -0.39 is 49.1 Å². The van der Waals surface area contributed by atoms with Gasteiger partial charge in [-0.15, -0.1) is 0 Å². The van der Waals surface area contributed by atoms with Crippen LogP contribution in [0.4, 0.5) is 10.5 Å². The number of nitro benzene ring substituents is 1. The maximum Gasteiger partial charge on any atom is 0.413 e. The van der Waals surface area contributed by atoms with Crippen molar-refractivity contribution in [3.8, 4) is 11.1 Å². The molecule has 246 valence electrons. The summed E-state index contributed by atoms with van der Waals surface area (Å²) in [5.74, 6) is -0.718. The van der Waals surface area contributed by atoms with Crippen molar-refractivity contribution >= 4 is 38.0 Å². The van der Waals surface area contributed by atoms with Gasteiger partial charge in [0.1, 0.15) is 12.7 Å². The fourth-order valence-corrected chi connectivity index (χ4v) is 6.03. The van der Waals surface area contributed by atoms with E-state index in [9.17, 15) is 36.5 Å². The van der Waals surface area contributed by atoms with Crippen LogP contribution >= 0.6 is 0 Å². The van der Waals surface area contributed by atoms with Gasteiger partial charge in [0.15, 0.2) is 5.72 Å². The molecular formula is C30H32N2O12S2. The maximum atomic E-state index is 13.4. The van der Waals surface area contributed by atoms with E-state index in [2.05, 4.69) is 0 Å². The van der Waals surface area contributed by atoms with Gasteiger partial charge in [-0.05, 0) is 39.9 Å². The number of carbonyl (C=O) groups is 2. The summed E-state index contributed by atoms with van der Waals surface area (Å²) in [5.41, 5.74) is 1.65. The summed E-state index contributed by atoms with van der Waals surface area (Å²) in [4.78, 5) is 37.3. The molecule has 16 heteroatoms. The lowest BCUT2D eigenvalue weighted by Gasteiger charge is -2.36. The van der Waals surface area contributed by atoms with Crippen LogP contribution in [0, 0.1) is 10.1 Å². The highest BCUT2D eigenvalue weighted by atomic mass is 32.2. The number of hydrogen-bond donors (Lipinski definition) is 0. The molecule has 3 aromatic rings. The number of amides is 1. The quantitative estimate of drug-likeness (QED) is 0.117. The Labute approximate surface area is 266 Å². The lowest BCUT2D eigenvalue weighted by atomic mass is 9.96. The van der Waals surface area contributed by atoms with Crippen LogP contribution < -0.4 is 0 Å². The minimum Gasteiger partial charge on any atom is -0.444 e. The lowest BCUT2D eigenvalue weighted by Crippen LogP contribution is -2.52. The van der Waals surface area contributed by atoms with Gasteiger partial charge in [0, 0.05) is 31.9 Å². The smallest absolute Gasteiger partial charge is 0.413 e. The predicted molar refractivity (Wildman–Crippen MR) is 164 cm³/mol. The lowest BCUT2D eigenvalue weighted by molar-refractivity contribution is -0.384. The van der Waals surface area contributed by atoms with Crippen LogP contribution in [0.2, 0.25) is 0 Å². The molecular weight excluding hydrogens is 644 g/mol. The fourth-order valence-electron chi connectivity index (χ4n) is 5.06. The van der Waals surface area contributed by atoms with Crippen LogP contribution in [0.15, 0.2) is 72.8 Å². The van der Waals surface area contributed by atoms with Crippen molar-refractivity contribution in [1.29, 1.82) is 0 Å². The number of esters is 1. The average molecular weight is 677 g/mol. The molecule has 1 amide bonds. The first-order chi connectivity index (χ1) is 21.5. The third kappa shape index (κ3) is 9.56. The number of rotatable bonds is 12. The second kappa shape index (κ2) is 13.9. The summed E-state index contributed by atoms with van der Waals surface area (Å²) >= 11 is 0. The largest absolute Gasteiger partial charge is 0.444 e. The van der Waals surface area contributed by atoms with E-state index in [0.29, 0.717) is 16.7 Å². The molecule has 0 unspecified atom stereocenters. The Morgan fingerprint density at radius 2 is 1.37 bits per heavy atom. The Hall–Kier alpha value is -4.38. The molecule has 1 aliphatic rings. The summed E-state index contributed by atoms with van der Waals surface area (Å²) in [7, 11) is -7.51. The highest BCUT2D eigenvalue weighted by molar-refractivity contribution is 7.86. The molecule has 1 heterocycles. The third-order valence-corrected chi connectivity index (χ3v) is 8.13. The Morgan fingerprint density at radius 1 is 0.848 bits per heavy atom. The van der Waals surface area contributed by atoms with E-state index in [1.54, 1.807) is 24.3 Å². The van der Waals surface area contributed by atoms with Crippen LogP contribution in [-0.2, 0) is 62.5 Å². The van der Waals surface area contributed by atoms with Crippen LogP contribution in [-0.4, -0.2) is 69.6 Å². The van der Waals surface area contributed by atoms with E-state index >= 15 is 0 Å². The molecule has 0 aliphatic carbocycles. The summed E-state index contributed by atoms with van der Waals surface area (Å²) in [6.07, 6.45) is -0.277. The zero-order chi connectivity index (χ0) is 33.7. The van der Waals surface area contributed by atoms with Crippen molar-refractivity contribution in [2.45, 2.75) is 44.8 Å². The topological polar surface area (TPSA) is 186 Å². The number of nitro groups is 1. The normalized spacial score (nSPS) is 18.2. The van der Waals surface area contributed by atoms with Crippen molar-refractivity contribution < 1.29 is 49.2 Å². The van der Waals surface area contributed by atoms with Crippen molar-refractivity contribution in [1.82, 2.24) is 4.90 Å². The first-order valence-electron chi connectivity index (χ1n) is 13.8. The number of nitrogens with zero attached hydrogens (tertiary/aromatic N) is 2. The Bertz CT molecular complexity index is 1790. The van der Waals surface area contributed by atoms with E-state index in [0.717, 1.165) is 28.5 Å². The van der Waals surface area contributed by atoms with E-state index in [4.69, 9.17) is 17.8 Å². The molecule has 0 bridgehead atoms. The number of carbonyl (C=O) groups excluding carboxylic acids is 2. The van der Waals surface area contributed by atoms with Crippen LogP contribution in [0.1, 0.15) is 30.0 Å². The molecule has 0 aromatic heterocycles. The van der Waals surface area contributed by atoms with Gasteiger partial charge in [-0.2, -0.15) is 16.8 Å². The first kappa shape index (κ1) is 34.5. The van der Waals surface area contributed by atoms with E-state index in [1.807, 2.05) is 24.3 Å². The fraction of sp³-hybridized carbons (Fsp3) is 0.333. The first-order valence-corrected chi connectivity index (χ1v) is 17.4. The van der Waals surface area contributed by atoms with Crippen molar-refractivity contribution in [3.63, 3.8) is 0 Å². The Morgan fingerprint density at radius 3 is 1.87 bits per heavy atom. The molecule has 46 heavy (non-hydrogen) atoms. The number of ether oxygens (including phenoxy) is 2. The molecule has 0 radical (unpaired) electrons. The number of benzene rings is 3. The van der Waals surface area contributed by atoms with Crippen molar-refractivity contribution in [3.05, 3.63) is 99.6 Å². The van der Waals surface area contributed by atoms with Crippen LogP contribution in [0.25, 0.3) is 11.1 Å². The monoisotopic (exact) mass is 676 g/mol. The second-order valence-electron chi connectivity index (χ2n) is 10.8. The minimum absolute atomic E-state index is 0.0229. The molecule has 1 aliphatic heterocycles. The highest BCUT2D eigenvalue weighted by Gasteiger charge is 2.53. The number of hydrogen-bond acceptors (Lipinski definition) is 12. The zero-order valence-electron chi connectivity index (χ0n) is 25.2. The van der Waals surface area contributed by atoms with Crippen LogP contribution in [0.3, 0.4) is 0 Å². The molecule has 0 saturated carbocycles. The van der Waals surface area contributed by atoms with Gasteiger partial charge >= 0.3 is 12.1 Å². The molecule has 0 N–H and O–H groups in total. The van der Waals surface area contributed by atoms with E-state index in [1.165, 1.54) is 31.2 Å². The maximum absolute atomic E-state index is 13.4. The molecule has 3 aromatic carbocycles. The van der Waals surface area contributed by atoms with Gasteiger partial charge < -0.3 is 9.47 Å². The molecule has 0 spiro atoms. The Kier molecular flexibility index (Phi) is 10.5. The Balaban J connectivity index is 1.56. The molecule has 2 atom stereocenters. The van der Waals surface area contributed by atoms with Gasteiger partial charge in [-0.1, -0.05) is 48.5 Å². The molecule has 14 nitrogen and oxygen atoms in total. The van der Waals surface area contributed by atoms with Crippen molar-refractivity contribution in [2.24, 2.45) is 0 Å². The SMILES string of the molecule is CC(=O)O[C@@]1(Cc2ccc(-c3ccc(COS(C)(=O)=O)cc3)cc2)C[C@@H](OS(C)(=O)=O)CN1C(=O)OCc1ccc([N+](=O)[O-])cc1. The summed E-state index contributed by atoms with van der Waals surface area (Å²) < 4.78 is 67.7. The predicted octanol–water partition coefficient (Wildman–Crippen LogP) is 3.93. The molecule has 4 rings (SSSR count). The zero-order valence-corrected chi connectivity index (χ0v) is 26.8. The van der Waals surface area contributed by atoms with Gasteiger partial charge in [0.25, 0.3) is 25.9 Å². The number of non-ortho nitro benzene ring substituents is 1. The van der Waals surface area contributed by atoms with Crippen molar-refractivity contribution in [2.75, 3.05) is 19.1 Å². The third-order valence-electron chi connectivity index (χ3n) is 6.96. The van der Waals surface area contributed by atoms with Gasteiger partial charge in [-0.3, -0.25) is 28.2 Å². The summed E-state index contributed by atoms with van der Waals surface area (Å²) in [5, 5.41) is 10.9. The molecule has 1 saturated heterocycles. The summed E-state index contributed by atoms with van der Waals surface area (Å²) in [6, 6.07) is 19.7. The standard InChI is InChI=1S/C30H32N2O12S2/c1-21(33)43-30(16-22-4-10-25(11-5-22)26-12-6-24(7-13-26)20-42-45(2,37)38)17-28(44-46(3,39)40)18-31(30)29(34)41-19-23-8-14-27(15-9-23)32(35)36/h4-15,28H,16-20H2,1-3H3/t28-,30+/m1/s1. The van der Waals surface area contributed by atoms with Gasteiger partial charge in [-0.25, -0.2) is 4.79 Å². The van der Waals surface area contributed by atoms with Gasteiger partial charge in [0.2, 0.25) is 0 Å². The molecule has 1 fully saturated rings. The highest BCUT2D eigenvalue weighted by Crippen LogP contribution is 2.37.